The van der Waals surface area contributed by atoms with Crippen molar-refractivity contribution >= 4 is 74.0 Å². The first kappa shape index (κ1) is 31.9. The van der Waals surface area contributed by atoms with Crippen LogP contribution in [0.3, 0.4) is 0 Å². The van der Waals surface area contributed by atoms with Crippen LogP contribution < -0.4 is 20.7 Å². The Balaban J connectivity index is 1.12. The maximum Gasteiger partial charge on any atom is 0.181 e. The van der Waals surface area contributed by atoms with Crippen molar-refractivity contribution in [2.24, 2.45) is 0 Å². The number of fused-ring (bicyclic) bond motifs is 5. The second-order valence-corrected chi connectivity index (χ2v) is 18.8. The Morgan fingerprint density at radius 3 is 1.83 bits per heavy atom. The van der Waals surface area contributed by atoms with Crippen molar-refractivity contribution in [1.29, 1.82) is 0 Å². The molecule has 0 amide bonds. The third-order valence-corrected chi connectivity index (χ3v) is 17.3. The minimum atomic E-state index is -2.87. The molecular weight excluding hydrogens is 702 g/mol. The van der Waals surface area contributed by atoms with Gasteiger partial charge in [-0.15, -0.1) is 0 Å². The van der Waals surface area contributed by atoms with Gasteiger partial charge < -0.3 is 9.67 Å². The molecule has 1 unspecified atom stereocenters. The van der Waals surface area contributed by atoms with Crippen LogP contribution in [0.5, 0.6) is 5.75 Å². The van der Waals surface area contributed by atoms with Gasteiger partial charge in [-0.1, -0.05) is 163 Å². The van der Waals surface area contributed by atoms with E-state index in [-0.39, 0.29) is 5.75 Å². The standard InChI is InChI=1S/C48H32ClNOSSi/c49-35-24-29-48-46(31-35)52-45-18-7-8-19-47(45)53(48,38-11-9-10-34(30-38)39-12-3-6-17-44(39)51)37-27-22-33(23-28-37)32-20-25-36(26-21-32)50-42-15-4-1-13-40(42)41-14-2-5-16-43(41)50/h1-31,51H. The fourth-order valence-electron chi connectivity index (χ4n) is 8.36. The van der Waals surface area contributed by atoms with Crippen LogP contribution in [0, 0.1) is 0 Å². The van der Waals surface area contributed by atoms with Crippen LogP contribution in [0.4, 0.5) is 0 Å². The number of para-hydroxylation sites is 3. The summed E-state index contributed by atoms with van der Waals surface area (Å²) in [6.45, 7) is 0. The fraction of sp³-hybridized carbons (Fsp3) is 0. The first-order valence-corrected chi connectivity index (χ1v) is 20.9. The summed E-state index contributed by atoms with van der Waals surface area (Å²) in [4.78, 5) is 2.45. The van der Waals surface area contributed by atoms with E-state index in [0.717, 1.165) is 21.8 Å². The van der Waals surface area contributed by atoms with Gasteiger partial charge in [-0.3, -0.25) is 0 Å². The molecule has 8 aromatic carbocycles. The smallest absolute Gasteiger partial charge is 0.181 e. The van der Waals surface area contributed by atoms with Crippen LogP contribution in [-0.2, 0) is 0 Å². The van der Waals surface area contributed by atoms with E-state index in [4.69, 9.17) is 11.6 Å². The molecule has 0 spiro atoms. The molecule has 2 heterocycles. The van der Waals surface area contributed by atoms with Crippen LogP contribution in [0.1, 0.15) is 0 Å². The first-order chi connectivity index (χ1) is 26.1. The molecular formula is C48H32ClNOSSi. The summed E-state index contributed by atoms with van der Waals surface area (Å²) < 4.78 is 2.36. The van der Waals surface area contributed by atoms with Crippen molar-refractivity contribution in [2.75, 3.05) is 0 Å². The Hall–Kier alpha value is -5.78. The molecule has 252 valence electrons. The molecule has 1 atom stereocenters. The number of hydrogen-bond acceptors (Lipinski definition) is 2. The number of phenols is 1. The summed E-state index contributed by atoms with van der Waals surface area (Å²) in [5, 5.41) is 19.4. The third kappa shape index (κ3) is 5.09. The second-order valence-electron chi connectivity index (χ2n) is 13.6. The highest BCUT2D eigenvalue weighted by molar-refractivity contribution is 8.00. The monoisotopic (exact) mass is 733 g/mol. The van der Waals surface area contributed by atoms with Crippen molar-refractivity contribution < 1.29 is 5.11 Å². The largest absolute Gasteiger partial charge is 0.507 e. The molecule has 0 saturated heterocycles. The van der Waals surface area contributed by atoms with Crippen molar-refractivity contribution in [2.45, 2.75) is 9.79 Å². The summed E-state index contributed by atoms with van der Waals surface area (Å²) in [6, 6.07) is 67.2. The van der Waals surface area contributed by atoms with Gasteiger partial charge in [-0.25, -0.2) is 0 Å². The summed E-state index contributed by atoms with van der Waals surface area (Å²) >= 11 is 8.47. The SMILES string of the molecule is Oc1ccccc1-c1cccc([Si]2(c3ccc(-c4ccc(-n5c6ccccc6c6ccccc65)cc4)cc3)c3ccccc3Sc3cc(Cl)ccc32)c1. The summed E-state index contributed by atoms with van der Waals surface area (Å²) in [7, 11) is -2.87. The Morgan fingerprint density at radius 2 is 1.09 bits per heavy atom. The minimum absolute atomic E-state index is 0.278. The number of rotatable bonds is 5. The van der Waals surface area contributed by atoms with Crippen LogP contribution >= 0.6 is 23.4 Å². The number of aromatic hydroxyl groups is 1. The molecule has 0 fully saturated rings. The molecule has 0 saturated carbocycles. The minimum Gasteiger partial charge on any atom is -0.507 e. The van der Waals surface area contributed by atoms with Crippen LogP contribution in [0.25, 0.3) is 49.7 Å². The number of phenolic OH excluding ortho intramolecular Hbond substituents is 1. The van der Waals surface area contributed by atoms with Gasteiger partial charge in [-0.2, -0.15) is 0 Å². The molecule has 5 heteroatoms. The quantitative estimate of drug-likeness (QED) is 0.178. The first-order valence-electron chi connectivity index (χ1n) is 17.8. The van der Waals surface area contributed by atoms with Crippen LogP contribution in [0.2, 0.25) is 5.02 Å². The second kappa shape index (κ2) is 12.7. The van der Waals surface area contributed by atoms with Crippen LogP contribution in [0.15, 0.2) is 198 Å². The molecule has 1 aromatic heterocycles. The Bertz CT molecular complexity index is 2790. The average molecular weight is 734 g/mol. The van der Waals surface area contributed by atoms with Gasteiger partial charge in [-0.05, 0) is 86.0 Å². The van der Waals surface area contributed by atoms with Gasteiger partial charge in [0.25, 0.3) is 0 Å². The zero-order chi connectivity index (χ0) is 35.5. The number of benzene rings is 8. The molecule has 0 radical (unpaired) electrons. The van der Waals surface area contributed by atoms with Crippen molar-refractivity contribution in [3.8, 4) is 33.7 Å². The Labute approximate surface area is 318 Å². The number of hydrogen-bond donors (Lipinski definition) is 1. The lowest BCUT2D eigenvalue weighted by Gasteiger charge is -2.40. The molecule has 1 N–H and O–H groups in total. The molecule has 2 nitrogen and oxygen atoms in total. The maximum atomic E-state index is 10.9. The third-order valence-electron chi connectivity index (χ3n) is 10.7. The zero-order valence-corrected chi connectivity index (χ0v) is 31.2. The summed E-state index contributed by atoms with van der Waals surface area (Å²) in [6.07, 6.45) is 0. The molecule has 0 bridgehead atoms. The molecule has 10 rings (SSSR count). The van der Waals surface area contributed by atoms with E-state index in [2.05, 4.69) is 162 Å². The lowest BCUT2D eigenvalue weighted by atomic mass is 10.1. The number of nitrogens with zero attached hydrogens (tertiary/aromatic N) is 1. The highest BCUT2D eigenvalue weighted by atomic mass is 35.5. The van der Waals surface area contributed by atoms with E-state index in [1.54, 1.807) is 17.8 Å². The van der Waals surface area contributed by atoms with Gasteiger partial charge >= 0.3 is 0 Å². The number of halogens is 1. The van der Waals surface area contributed by atoms with Crippen molar-refractivity contribution in [3.63, 3.8) is 0 Å². The molecule has 1 aliphatic heterocycles. The van der Waals surface area contributed by atoms with Gasteiger partial charge in [0.05, 0.1) is 11.0 Å². The van der Waals surface area contributed by atoms with Crippen LogP contribution in [-0.4, -0.2) is 17.7 Å². The normalized spacial score (nSPS) is 15.0. The van der Waals surface area contributed by atoms with Gasteiger partial charge in [0, 0.05) is 36.8 Å². The summed E-state index contributed by atoms with van der Waals surface area (Å²) in [5.41, 5.74) is 7.73. The predicted molar refractivity (Wildman–Crippen MR) is 226 cm³/mol. The van der Waals surface area contributed by atoms with E-state index in [1.807, 2.05) is 24.3 Å². The molecule has 53 heavy (non-hydrogen) atoms. The highest BCUT2D eigenvalue weighted by Gasteiger charge is 2.47. The topological polar surface area (TPSA) is 25.2 Å². The molecule has 1 aliphatic rings. The Kier molecular flexibility index (Phi) is 7.65. The summed E-state index contributed by atoms with van der Waals surface area (Å²) in [5.74, 6) is 0.278. The van der Waals surface area contributed by atoms with Gasteiger partial charge in [0.15, 0.2) is 8.07 Å². The van der Waals surface area contributed by atoms with Gasteiger partial charge in [0.1, 0.15) is 5.75 Å². The molecule has 9 aromatic rings. The van der Waals surface area contributed by atoms with Crippen molar-refractivity contribution in [1.82, 2.24) is 4.57 Å². The zero-order valence-electron chi connectivity index (χ0n) is 28.6. The highest BCUT2D eigenvalue weighted by Crippen LogP contribution is 2.36. The van der Waals surface area contributed by atoms with E-state index >= 15 is 0 Å². The van der Waals surface area contributed by atoms with E-state index in [1.165, 1.54) is 63.5 Å². The lowest BCUT2D eigenvalue weighted by Crippen LogP contribution is -2.76. The average Bonchev–Trinajstić information content (AvgIpc) is 3.55. The number of aromatic nitrogens is 1. The van der Waals surface area contributed by atoms with Gasteiger partial charge in [0.2, 0.25) is 0 Å². The lowest BCUT2D eigenvalue weighted by molar-refractivity contribution is 0.477. The van der Waals surface area contributed by atoms with Crippen molar-refractivity contribution in [3.05, 3.63) is 193 Å². The maximum absolute atomic E-state index is 10.9. The predicted octanol–water partition coefficient (Wildman–Crippen LogP) is 10.3. The Morgan fingerprint density at radius 1 is 0.472 bits per heavy atom. The molecule has 0 aliphatic carbocycles. The van der Waals surface area contributed by atoms with E-state index in [0.29, 0.717) is 0 Å². The van der Waals surface area contributed by atoms with E-state index in [9.17, 15) is 5.11 Å². The fourth-order valence-corrected chi connectivity index (χ4v) is 15.6. The van der Waals surface area contributed by atoms with E-state index < -0.39 is 8.07 Å².